The molecule has 3 nitrogen and oxygen atoms in total. The molecule has 0 bridgehead atoms. The van der Waals surface area contributed by atoms with E-state index in [1.165, 1.54) is 18.4 Å². The molecule has 106 valence electrons. The van der Waals surface area contributed by atoms with E-state index < -0.39 is 0 Å². The van der Waals surface area contributed by atoms with Gasteiger partial charge in [-0.2, -0.15) is 5.10 Å². The highest BCUT2D eigenvalue weighted by Crippen LogP contribution is 2.34. The molecule has 1 N–H and O–H groups in total. The van der Waals surface area contributed by atoms with Gasteiger partial charge in [0.05, 0.1) is 15.7 Å². The summed E-state index contributed by atoms with van der Waals surface area (Å²) in [5.41, 5.74) is 2.27. The van der Waals surface area contributed by atoms with Crippen molar-refractivity contribution in [2.45, 2.75) is 42.3 Å². The summed E-state index contributed by atoms with van der Waals surface area (Å²) < 4.78 is 1.89. The fourth-order valence-electron chi connectivity index (χ4n) is 2.08. The number of rotatable bonds is 5. The van der Waals surface area contributed by atoms with Crippen LogP contribution in [-0.2, 0) is 13.6 Å². The Kier molecular flexibility index (Phi) is 4.06. The van der Waals surface area contributed by atoms with Crippen molar-refractivity contribution >= 4 is 23.4 Å². The van der Waals surface area contributed by atoms with Gasteiger partial charge in [-0.25, -0.2) is 0 Å². The van der Waals surface area contributed by atoms with E-state index in [-0.39, 0.29) is 0 Å². The Morgan fingerprint density at radius 1 is 1.40 bits per heavy atom. The lowest BCUT2D eigenvalue weighted by atomic mass is 10.2. The van der Waals surface area contributed by atoms with E-state index in [0.717, 1.165) is 33.2 Å². The van der Waals surface area contributed by atoms with Crippen LogP contribution in [0.2, 0.25) is 5.02 Å². The molecule has 1 aromatic heterocycles. The van der Waals surface area contributed by atoms with Crippen LogP contribution in [0, 0.1) is 6.92 Å². The highest BCUT2D eigenvalue weighted by atomic mass is 35.5. The number of aromatic nitrogens is 2. The third-order valence-corrected chi connectivity index (χ3v) is 4.93. The summed E-state index contributed by atoms with van der Waals surface area (Å²) in [6.07, 6.45) is 2.61. The zero-order valence-corrected chi connectivity index (χ0v) is 13.3. The normalized spacial score (nSPS) is 14.8. The van der Waals surface area contributed by atoms with Crippen LogP contribution in [0.15, 0.2) is 34.2 Å². The summed E-state index contributed by atoms with van der Waals surface area (Å²) in [6, 6.07) is 9.10. The van der Waals surface area contributed by atoms with Crippen molar-refractivity contribution in [3.05, 3.63) is 40.5 Å². The predicted octanol–water partition coefficient (Wildman–Crippen LogP) is 3.79. The maximum absolute atomic E-state index is 6.39. The van der Waals surface area contributed by atoms with Gasteiger partial charge in [0.2, 0.25) is 0 Å². The molecule has 1 heterocycles. The molecule has 2 aromatic rings. The second-order valence-corrected chi connectivity index (χ2v) is 6.74. The third-order valence-electron chi connectivity index (χ3n) is 3.34. The van der Waals surface area contributed by atoms with Gasteiger partial charge in [0.25, 0.3) is 0 Å². The molecule has 0 radical (unpaired) electrons. The van der Waals surface area contributed by atoms with Gasteiger partial charge in [-0.3, -0.25) is 4.68 Å². The van der Waals surface area contributed by atoms with Gasteiger partial charge in [0.1, 0.15) is 0 Å². The van der Waals surface area contributed by atoms with Crippen LogP contribution in [0.1, 0.15) is 24.1 Å². The molecule has 1 fully saturated rings. The Balaban J connectivity index is 1.71. The summed E-state index contributed by atoms with van der Waals surface area (Å²) in [7, 11) is 1.96. The van der Waals surface area contributed by atoms with Crippen molar-refractivity contribution in [2.75, 3.05) is 0 Å². The molecule has 20 heavy (non-hydrogen) atoms. The van der Waals surface area contributed by atoms with Gasteiger partial charge in [-0.1, -0.05) is 29.4 Å². The lowest BCUT2D eigenvalue weighted by Gasteiger charge is -2.08. The predicted molar refractivity (Wildman–Crippen MR) is 83.4 cm³/mol. The average Bonchev–Trinajstić information content (AvgIpc) is 3.17. The number of benzene rings is 1. The van der Waals surface area contributed by atoms with E-state index in [0.29, 0.717) is 0 Å². The second-order valence-electron chi connectivity index (χ2n) is 5.27. The van der Waals surface area contributed by atoms with Crippen LogP contribution >= 0.6 is 23.4 Å². The van der Waals surface area contributed by atoms with Gasteiger partial charge >= 0.3 is 0 Å². The number of nitrogens with one attached hydrogen (secondary N) is 1. The summed E-state index contributed by atoms with van der Waals surface area (Å²) in [5, 5.41) is 9.77. The van der Waals surface area contributed by atoms with Crippen molar-refractivity contribution in [3.63, 3.8) is 0 Å². The minimum Gasteiger partial charge on any atom is -0.310 e. The lowest BCUT2D eigenvalue weighted by Crippen LogP contribution is -2.15. The molecular formula is C15H18ClN3S. The maximum atomic E-state index is 6.39. The first-order valence-corrected chi connectivity index (χ1v) is 8.01. The van der Waals surface area contributed by atoms with Gasteiger partial charge in [0, 0.05) is 24.5 Å². The topological polar surface area (TPSA) is 29.9 Å². The zero-order chi connectivity index (χ0) is 14.1. The fourth-order valence-corrected chi connectivity index (χ4v) is 3.32. The van der Waals surface area contributed by atoms with E-state index >= 15 is 0 Å². The highest BCUT2D eigenvalue weighted by molar-refractivity contribution is 7.99. The van der Waals surface area contributed by atoms with Crippen LogP contribution in [0.3, 0.4) is 0 Å². The van der Waals surface area contributed by atoms with Crippen LogP contribution in [0.4, 0.5) is 0 Å². The summed E-state index contributed by atoms with van der Waals surface area (Å²) in [6.45, 7) is 2.90. The standard InChI is InChI=1S/C15H18ClN3S/c1-10-7-15(19(2)18-10)20-14-6-3-11(8-13(14)16)9-17-12-4-5-12/h3,6-8,12,17H,4-5,9H2,1-2H3. The first-order valence-electron chi connectivity index (χ1n) is 6.82. The largest absolute Gasteiger partial charge is 0.310 e. The van der Waals surface area contributed by atoms with E-state index in [1.807, 2.05) is 18.7 Å². The molecule has 0 saturated heterocycles. The molecule has 0 aliphatic heterocycles. The summed E-state index contributed by atoms with van der Waals surface area (Å²) >= 11 is 8.05. The monoisotopic (exact) mass is 307 g/mol. The van der Waals surface area contributed by atoms with Gasteiger partial charge < -0.3 is 5.32 Å². The number of aryl methyl sites for hydroxylation is 2. The smallest absolute Gasteiger partial charge is 0.0987 e. The minimum atomic E-state index is 0.722. The highest BCUT2D eigenvalue weighted by Gasteiger charge is 2.20. The zero-order valence-electron chi connectivity index (χ0n) is 11.7. The van der Waals surface area contributed by atoms with Gasteiger partial charge in [-0.15, -0.1) is 0 Å². The van der Waals surface area contributed by atoms with Crippen LogP contribution in [-0.4, -0.2) is 15.8 Å². The summed E-state index contributed by atoms with van der Waals surface area (Å²) in [5.74, 6) is 0. The molecule has 0 spiro atoms. The van der Waals surface area contributed by atoms with Gasteiger partial charge in [0.15, 0.2) is 0 Å². The molecule has 1 aromatic carbocycles. The van der Waals surface area contributed by atoms with Crippen LogP contribution in [0.25, 0.3) is 0 Å². The Morgan fingerprint density at radius 3 is 2.80 bits per heavy atom. The number of halogens is 1. The second kappa shape index (κ2) is 5.80. The Morgan fingerprint density at radius 2 is 2.20 bits per heavy atom. The number of nitrogens with zero attached hydrogens (tertiary/aromatic N) is 2. The van der Waals surface area contributed by atoms with Crippen LogP contribution in [0.5, 0.6) is 0 Å². The van der Waals surface area contributed by atoms with E-state index in [2.05, 4.69) is 34.7 Å². The van der Waals surface area contributed by atoms with Crippen molar-refractivity contribution in [1.29, 1.82) is 0 Å². The molecule has 3 rings (SSSR count). The maximum Gasteiger partial charge on any atom is 0.0987 e. The molecule has 0 amide bonds. The van der Waals surface area contributed by atoms with Crippen molar-refractivity contribution < 1.29 is 0 Å². The van der Waals surface area contributed by atoms with Crippen molar-refractivity contribution in [1.82, 2.24) is 15.1 Å². The van der Waals surface area contributed by atoms with E-state index in [9.17, 15) is 0 Å². The lowest BCUT2D eigenvalue weighted by molar-refractivity contribution is 0.687. The minimum absolute atomic E-state index is 0.722. The first kappa shape index (κ1) is 14.0. The van der Waals surface area contributed by atoms with E-state index in [4.69, 9.17) is 11.6 Å². The molecule has 0 atom stereocenters. The average molecular weight is 308 g/mol. The Bertz CT molecular complexity index is 620. The molecule has 5 heteroatoms. The number of hydrogen-bond acceptors (Lipinski definition) is 3. The number of hydrogen-bond donors (Lipinski definition) is 1. The Hall–Kier alpha value is -0.970. The first-order chi connectivity index (χ1) is 9.61. The van der Waals surface area contributed by atoms with Crippen LogP contribution < -0.4 is 5.32 Å². The van der Waals surface area contributed by atoms with Gasteiger partial charge in [-0.05, 0) is 43.5 Å². The quantitative estimate of drug-likeness (QED) is 0.911. The molecule has 1 saturated carbocycles. The fraction of sp³-hybridized carbons (Fsp3) is 0.400. The van der Waals surface area contributed by atoms with Crippen molar-refractivity contribution in [3.8, 4) is 0 Å². The third kappa shape index (κ3) is 3.37. The Labute approximate surface area is 128 Å². The SMILES string of the molecule is Cc1cc(Sc2ccc(CNC3CC3)cc2Cl)n(C)n1. The summed E-state index contributed by atoms with van der Waals surface area (Å²) in [4.78, 5) is 1.07. The van der Waals surface area contributed by atoms with Crippen molar-refractivity contribution in [2.24, 2.45) is 7.05 Å². The molecule has 1 aliphatic carbocycles. The molecule has 1 aliphatic rings. The molecule has 0 unspecified atom stereocenters. The van der Waals surface area contributed by atoms with E-state index in [1.54, 1.807) is 11.8 Å². The molecular weight excluding hydrogens is 290 g/mol.